The summed E-state index contributed by atoms with van der Waals surface area (Å²) in [5.74, 6) is -0.400. The summed E-state index contributed by atoms with van der Waals surface area (Å²) in [4.78, 5) is 29.3. The van der Waals surface area contributed by atoms with E-state index in [9.17, 15) is 18.0 Å². The third-order valence-corrected chi connectivity index (χ3v) is 5.88. The van der Waals surface area contributed by atoms with Crippen LogP contribution in [0.15, 0.2) is 78.8 Å². The van der Waals surface area contributed by atoms with Crippen molar-refractivity contribution < 1.29 is 17.6 Å². The molecule has 0 spiro atoms. The maximum absolute atomic E-state index is 12.6. The lowest BCUT2D eigenvalue weighted by Crippen LogP contribution is -2.19. The molecule has 2 aromatic carbocycles. The van der Waals surface area contributed by atoms with Gasteiger partial charge < -0.3 is 9.73 Å². The molecule has 0 aliphatic carbocycles. The number of hydrogen-bond donors (Lipinski definition) is 2. The zero-order valence-electron chi connectivity index (χ0n) is 14.7. The highest BCUT2D eigenvalue weighted by molar-refractivity contribution is 8.18. The number of carbonyl (C=O) groups is 1. The Morgan fingerprint density at radius 1 is 1.07 bits per heavy atom. The van der Waals surface area contributed by atoms with E-state index in [0.717, 1.165) is 11.8 Å². The van der Waals surface area contributed by atoms with E-state index < -0.39 is 15.9 Å². The molecule has 8 nitrogen and oxygen atoms in total. The fourth-order valence-electron chi connectivity index (χ4n) is 2.64. The van der Waals surface area contributed by atoms with Crippen LogP contribution in [0.5, 0.6) is 0 Å². The number of aliphatic imine (C=N–C) groups is 1. The van der Waals surface area contributed by atoms with Gasteiger partial charge in [0.2, 0.25) is 10.0 Å². The number of primary sulfonamides is 1. The van der Waals surface area contributed by atoms with E-state index in [-0.39, 0.29) is 20.8 Å². The Bertz CT molecular complexity index is 1360. The molecule has 1 amide bonds. The minimum atomic E-state index is -3.79. The smallest absolute Gasteiger partial charge is 0.264 e. The van der Waals surface area contributed by atoms with Crippen LogP contribution in [0.3, 0.4) is 0 Å². The van der Waals surface area contributed by atoms with Crippen molar-refractivity contribution in [3.8, 4) is 0 Å². The standard InChI is InChI=1S/C19H13N3O5S2/c20-29(25,26)13-7-5-12(6-8-13)21-19-22-18(24)16(28-19)9-11-10-27-15-4-2-1-3-14(15)17(11)23/h1-10H,(H2,20,25,26)(H,21,22,24)/b16-9+. The lowest BCUT2D eigenvalue weighted by molar-refractivity contribution is -0.115. The summed E-state index contributed by atoms with van der Waals surface area (Å²) in [7, 11) is -3.79. The van der Waals surface area contributed by atoms with Gasteiger partial charge in [0, 0.05) is 0 Å². The van der Waals surface area contributed by atoms with Crippen LogP contribution in [-0.2, 0) is 14.8 Å². The molecule has 1 aromatic heterocycles. The van der Waals surface area contributed by atoms with Gasteiger partial charge in [-0.15, -0.1) is 0 Å². The maximum atomic E-state index is 12.6. The summed E-state index contributed by atoms with van der Waals surface area (Å²) in [5, 5.41) is 8.39. The van der Waals surface area contributed by atoms with E-state index in [1.165, 1.54) is 36.6 Å². The third kappa shape index (κ3) is 3.99. The predicted molar refractivity (Wildman–Crippen MR) is 111 cm³/mol. The second-order valence-electron chi connectivity index (χ2n) is 6.04. The highest BCUT2D eigenvalue weighted by Crippen LogP contribution is 2.28. The van der Waals surface area contributed by atoms with Crippen LogP contribution in [0, 0.1) is 0 Å². The van der Waals surface area contributed by atoms with Crippen LogP contribution in [0.4, 0.5) is 5.69 Å². The zero-order chi connectivity index (χ0) is 20.6. The van der Waals surface area contributed by atoms with Crippen LogP contribution >= 0.6 is 11.8 Å². The van der Waals surface area contributed by atoms with Gasteiger partial charge in [-0.3, -0.25) is 9.59 Å². The van der Waals surface area contributed by atoms with Crippen LogP contribution in [0.1, 0.15) is 5.56 Å². The Kier molecular flexibility index (Phi) is 4.82. The van der Waals surface area contributed by atoms with E-state index in [2.05, 4.69) is 10.3 Å². The Morgan fingerprint density at radius 2 is 1.79 bits per heavy atom. The number of amides is 1. The van der Waals surface area contributed by atoms with Gasteiger partial charge in [0.1, 0.15) is 11.8 Å². The van der Waals surface area contributed by atoms with E-state index >= 15 is 0 Å². The minimum absolute atomic E-state index is 0.0341. The van der Waals surface area contributed by atoms with Gasteiger partial charge in [-0.05, 0) is 54.2 Å². The Hall–Kier alpha value is -3.21. The van der Waals surface area contributed by atoms with Crippen molar-refractivity contribution in [3.05, 3.63) is 75.5 Å². The highest BCUT2D eigenvalue weighted by Gasteiger charge is 2.24. The van der Waals surface area contributed by atoms with Gasteiger partial charge in [0.25, 0.3) is 5.91 Å². The summed E-state index contributed by atoms with van der Waals surface area (Å²) < 4.78 is 28.1. The second-order valence-corrected chi connectivity index (χ2v) is 8.63. The van der Waals surface area contributed by atoms with Gasteiger partial charge in [0.05, 0.1) is 26.4 Å². The Balaban J connectivity index is 1.62. The van der Waals surface area contributed by atoms with Gasteiger partial charge in [0.15, 0.2) is 10.6 Å². The number of nitrogens with zero attached hydrogens (tertiary/aromatic N) is 1. The van der Waals surface area contributed by atoms with Crippen molar-refractivity contribution in [3.63, 3.8) is 0 Å². The number of nitrogens with one attached hydrogen (secondary N) is 1. The van der Waals surface area contributed by atoms with Gasteiger partial charge in [-0.1, -0.05) is 12.1 Å². The van der Waals surface area contributed by atoms with Crippen molar-refractivity contribution in [1.82, 2.24) is 5.32 Å². The fraction of sp³-hybridized carbons (Fsp3) is 0. The molecule has 29 heavy (non-hydrogen) atoms. The summed E-state index contributed by atoms with van der Waals surface area (Å²) in [6.45, 7) is 0. The first kappa shape index (κ1) is 19.1. The molecule has 146 valence electrons. The third-order valence-electron chi connectivity index (χ3n) is 4.04. The molecule has 3 N–H and O–H groups in total. The highest BCUT2D eigenvalue weighted by atomic mass is 32.2. The number of fused-ring (bicyclic) bond motifs is 1. The number of thioether (sulfide) groups is 1. The normalized spacial score (nSPS) is 17.2. The minimum Gasteiger partial charge on any atom is -0.463 e. The molecule has 0 bridgehead atoms. The monoisotopic (exact) mass is 427 g/mol. The van der Waals surface area contributed by atoms with Crippen molar-refractivity contribution in [2.24, 2.45) is 10.1 Å². The maximum Gasteiger partial charge on any atom is 0.264 e. The zero-order valence-corrected chi connectivity index (χ0v) is 16.3. The molecule has 0 unspecified atom stereocenters. The molecule has 4 rings (SSSR count). The number of nitrogens with two attached hydrogens (primary N) is 1. The Morgan fingerprint density at radius 3 is 2.52 bits per heavy atom. The van der Waals surface area contributed by atoms with Gasteiger partial charge in [-0.25, -0.2) is 18.5 Å². The Labute approximate surface area is 169 Å². The van der Waals surface area contributed by atoms with Gasteiger partial charge >= 0.3 is 0 Å². The van der Waals surface area contributed by atoms with E-state index in [0.29, 0.717) is 21.8 Å². The van der Waals surface area contributed by atoms with Crippen LogP contribution in [-0.4, -0.2) is 19.5 Å². The van der Waals surface area contributed by atoms with Crippen molar-refractivity contribution in [2.45, 2.75) is 4.90 Å². The lowest BCUT2D eigenvalue weighted by Gasteiger charge is -1.99. The number of para-hydroxylation sites is 1. The van der Waals surface area contributed by atoms with Crippen LogP contribution < -0.4 is 15.9 Å². The van der Waals surface area contributed by atoms with E-state index in [1.54, 1.807) is 24.3 Å². The topological polar surface area (TPSA) is 132 Å². The first-order chi connectivity index (χ1) is 13.8. The SMILES string of the molecule is NS(=O)(=O)c1ccc(N=C2NC(=O)/C(=C\c3coc4ccccc4c3=O)S2)cc1. The molecule has 3 aromatic rings. The molecule has 0 saturated carbocycles. The average molecular weight is 427 g/mol. The molecule has 1 fully saturated rings. The summed E-state index contributed by atoms with van der Waals surface area (Å²) in [5.41, 5.74) is 0.914. The summed E-state index contributed by atoms with van der Waals surface area (Å²) in [6.07, 6.45) is 2.76. The molecule has 1 aliphatic rings. The number of amidine groups is 1. The number of carbonyl (C=O) groups excluding carboxylic acids is 1. The molecule has 1 aliphatic heterocycles. The second kappa shape index (κ2) is 7.32. The fourth-order valence-corrected chi connectivity index (χ4v) is 3.99. The molecule has 0 radical (unpaired) electrons. The molecular weight excluding hydrogens is 414 g/mol. The first-order valence-corrected chi connectivity index (χ1v) is 10.6. The molecule has 1 saturated heterocycles. The van der Waals surface area contributed by atoms with E-state index in [1.807, 2.05) is 0 Å². The van der Waals surface area contributed by atoms with Gasteiger partial charge in [-0.2, -0.15) is 0 Å². The number of rotatable bonds is 3. The number of benzene rings is 2. The summed E-state index contributed by atoms with van der Waals surface area (Å²) >= 11 is 1.06. The average Bonchev–Trinajstić information content (AvgIpc) is 3.03. The van der Waals surface area contributed by atoms with Crippen molar-refractivity contribution in [2.75, 3.05) is 0 Å². The van der Waals surface area contributed by atoms with Crippen LogP contribution in [0.2, 0.25) is 0 Å². The molecule has 10 heteroatoms. The molecular formula is C19H13N3O5S2. The number of hydrogen-bond acceptors (Lipinski definition) is 7. The quantitative estimate of drug-likeness (QED) is 0.617. The first-order valence-electron chi connectivity index (χ1n) is 8.24. The molecule has 0 atom stereocenters. The summed E-state index contributed by atoms with van der Waals surface area (Å²) in [6, 6.07) is 12.4. The largest absolute Gasteiger partial charge is 0.463 e. The molecule has 2 heterocycles. The lowest BCUT2D eigenvalue weighted by atomic mass is 10.1. The predicted octanol–water partition coefficient (Wildman–Crippen LogP) is 2.33. The van der Waals surface area contributed by atoms with Crippen molar-refractivity contribution >= 4 is 55.6 Å². The van der Waals surface area contributed by atoms with Crippen molar-refractivity contribution in [1.29, 1.82) is 0 Å². The van der Waals surface area contributed by atoms with E-state index in [4.69, 9.17) is 9.56 Å². The number of sulfonamides is 1. The van der Waals surface area contributed by atoms with Crippen LogP contribution in [0.25, 0.3) is 17.0 Å².